The van der Waals surface area contributed by atoms with Crippen LogP contribution in [0.25, 0.3) is 0 Å². The van der Waals surface area contributed by atoms with E-state index in [4.69, 9.17) is 18.9 Å². The van der Waals surface area contributed by atoms with E-state index in [2.05, 4.69) is 98.9 Å². The van der Waals surface area contributed by atoms with Gasteiger partial charge in [0.25, 0.3) is 0 Å². The van der Waals surface area contributed by atoms with Gasteiger partial charge in [-0.2, -0.15) is 0 Å². The van der Waals surface area contributed by atoms with Crippen LogP contribution >= 0.6 is 0 Å². The van der Waals surface area contributed by atoms with E-state index >= 15 is 0 Å². The fourth-order valence-corrected chi connectivity index (χ4v) is 6.06. The van der Waals surface area contributed by atoms with Crippen molar-refractivity contribution in [2.75, 3.05) is 47.5 Å². The average Bonchev–Trinajstić information content (AvgIpc) is 3.24. The van der Waals surface area contributed by atoms with Gasteiger partial charge in [0, 0.05) is 12.8 Å². The third kappa shape index (κ3) is 46.0. The van der Waals surface area contributed by atoms with Gasteiger partial charge in [0.15, 0.2) is 12.4 Å². The van der Waals surface area contributed by atoms with E-state index in [0.717, 1.165) is 77.0 Å². The first kappa shape index (κ1) is 59.2. The number of carboxylic acid groups (broad SMARTS) is 1. The van der Waals surface area contributed by atoms with E-state index in [1.165, 1.54) is 57.8 Å². The van der Waals surface area contributed by atoms with Crippen LogP contribution in [0.4, 0.5) is 0 Å². The number of hydrogen-bond donors (Lipinski definition) is 0. The van der Waals surface area contributed by atoms with Crippen molar-refractivity contribution in [3.05, 3.63) is 97.2 Å². The van der Waals surface area contributed by atoms with E-state index in [0.29, 0.717) is 17.4 Å². The molecule has 0 aliphatic rings. The van der Waals surface area contributed by atoms with Crippen molar-refractivity contribution in [2.45, 2.75) is 180 Å². The number of ether oxygens (including phenoxy) is 4. The van der Waals surface area contributed by atoms with Crippen LogP contribution in [0.5, 0.6) is 0 Å². The minimum absolute atomic E-state index is 0.116. The highest BCUT2D eigenvalue weighted by atomic mass is 16.7. The SMILES string of the molecule is CC/C=C\C/C=C\C/C=C\C/C=C\C/C=C\C/C=C\CCC(=O)OC(COC(=O)CCCCCCCCCCC/C=C\C/C=C\CCCCC)COC(OCC[N+](C)(C)C)C(=O)[O-]. The second-order valence-corrected chi connectivity index (χ2v) is 17.0. The highest BCUT2D eigenvalue weighted by Crippen LogP contribution is 2.13. The van der Waals surface area contributed by atoms with Crippen molar-refractivity contribution in [2.24, 2.45) is 0 Å². The zero-order chi connectivity index (χ0) is 46.3. The van der Waals surface area contributed by atoms with E-state index in [1.54, 1.807) is 0 Å². The molecule has 0 radical (unpaired) electrons. The van der Waals surface area contributed by atoms with E-state index in [-0.39, 0.29) is 38.6 Å². The van der Waals surface area contributed by atoms with Crippen molar-refractivity contribution in [1.29, 1.82) is 0 Å². The van der Waals surface area contributed by atoms with Gasteiger partial charge in [-0.05, 0) is 83.5 Å². The number of rotatable bonds is 43. The van der Waals surface area contributed by atoms with Crippen molar-refractivity contribution < 1.29 is 42.9 Å². The van der Waals surface area contributed by atoms with Crippen LogP contribution in [0.3, 0.4) is 0 Å². The number of hydrogen-bond acceptors (Lipinski definition) is 8. The van der Waals surface area contributed by atoms with Gasteiger partial charge in [0.1, 0.15) is 13.2 Å². The van der Waals surface area contributed by atoms with E-state index in [1.807, 2.05) is 33.3 Å². The summed E-state index contributed by atoms with van der Waals surface area (Å²) in [6, 6.07) is 0. The highest BCUT2D eigenvalue weighted by Gasteiger charge is 2.21. The van der Waals surface area contributed by atoms with Crippen LogP contribution < -0.4 is 5.11 Å². The zero-order valence-electron chi connectivity index (χ0n) is 40.4. The maximum absolute atomic E-state index is 12.8. The number of carboxylic acids is 1. The van der Waals surface area contributed by atoms with Crippen LogP contribution in [0, 0.1) is 0 Å². The van der Waals surface area contributed by atoms with Crippen LogP contribution in [0.2, 0.25) is 0 Å². The molecule has 0 saturated carbocycles. The van der Waals surface area contributed by atoms with Gasteiger partial charge >= 0.3 is 11.9 Å². The molecule has 0 aromatic carbocycles. The summed E-state index contributed by atoms with van der Waals surface area (Å²) < 4.78 is 22.5. The lowest BCUT2D eigenvalue weighted by molar-refractivity contribution is -0.870. The van der Waals surface area contributed by atoms with Gasteiger partial charge < -0.3 is 33.3 Å². The van der Waals surface area contributed by atoms with Gasteiger partial charge in [-0.15, -0.1) is 0 Å². The lowest BCUT2D eigenvalue weighted by Crippen LogP contribution is -2.44. The molecule has 0 spiro atoms. The molecule has 0 fully saturated rings. The lowest BCUT2D eigenvalue weighted by atomic mass is 10.1. The second kappa shape index (κ2) is 44.8. The van der Waals surface area contributed by atoms with Crippen LogP contribution in [-0.4, -0.2) is 82.3 Å². The number of carbonyl (C=O) groups excluding carboxylic acids is 3. The van der Waals surface area contributed by atoms with Crippen LogP contribution in [0.15, 0.2) is 97.2 Å². The molecule has 0 rings (SSSR count). The van der Waals surface area contributed by atoms with Crippen molar-refractivity contribution in [3.8, 4) is 0 Å². The Morgan fingerprint density at radius 2 is 0.937 bits per heavy atom. The number of nitrogens with zero attached hydrogens (tertiary/aromatic N) is 1. The van der Waals surface area contributed by atoms with Crippen molar-refractivity contribution in [3.63, 3.8) is 0 Å². The Hall–Kier alpha value is -3.79. The first-order valence-corrected chi connectivity index (χ1v) is 24.4. The molecule has 63 heavy (non-hydrogen) atoms. The summed E-state index contributed by atoms with van der Waals surface area (Å²) in [6.07, 6.45) is 56.0. The minimum atomic E-state index is -1.65. The molecule has 0 bridgehead atoms. The van der Waals surface area contributed by atoms with Gasteiger partial charge in [-0.25, -0.2) is 0 Å². The monoisotopic (exact) mass is 880 g/mol. The molecular formula is C54H89NO8. The summed E-state index contributed by atoms with van der Waals surface area (Å²) in [5.74, 6) is -2.42. The Bertz CT molecular complexity index is 1350. The number of aliphatic carboxylic acids is 1. The molecule has 2 unspecified atom stereocenters. The topological polar surface area (TPSA) is 111 Å². The number of quaternary nitrogens is 1. The molecule has 0 N–H and O–H groups in total. The third-order valence-electron chi connectivity index (χ3n) is 9.83. The second-order valence-electron chi connectivity index (χ2n) is 17.0. The molecule has 9 heteroatoms. The lowest BCUT2D eigenvalue weighted by Gasteiger charge is -2.26. The van der Waals surface area contributed by atoms with Gasteiger partial charge in [-0.1, -0.05) is 169 Å². The molecule has 0 saturated heterocycles. The van der Waals surface area contributed by atoms with Gasteiger partial charge in [0.2, 0.25) is 0 Å². The Kier molecular flexibility index (Phi) is 42.1. The summed E-state index contributed by atoms with van der Waals surface area (Å²) in [4.78, 5) is 37.1. The normalized spacial score (nSPS) is 13.7. The molecule has 0 heterocycles. The third-order valence-corrected chi connectivity index (χ3v) is 9.83. The van der Waals surface area contributed by atoms with E-state index < -0.39 is 24.3 Å². The number of likely N-dealkylation sites (N-methyl/N-ethyl adjacent to an activating group) is 1. The fourth-order valence-electron chi connectivity index (χ4n) is 6.06. The molecule has 0 amide bonds. The predicted octanol–water partition coefficient (Wildman–Crippen LogP) is 12.1. The first-order chi connectivity index (χ1) is 30.6. The van der Waals surface area contributed by atoms with Gasteiger partial charge in [0.05, 0.1) is 40.3 Å². The first-order valence-electron chi connectivity index (χ1n) is 24.4. The zero-order valence-corrected chi connectivity index (χ0v) is 40.4. The number of carbonyl (C=O) groups is 3. The van der Waals surface area contributed by atoms with Crippen LogP contribution in [0.1, 0.15) is 168 Å². The van der Waals surface area contributed by atoms with Crippen molar-refractivity contribution in [1.82, 2.24) is 0 Å². The molecule has 0 aromatic heterocycles. The highest BCUT2D eigenvalue weighted by molar-refractivity contribution is 5.70. The molecule has 0 aliphatic carbocycles. The van der Waals surface area contributed by atoms with Crippen LogP contribution in [-0.2, 0) is 33.3 Å². The summed E-state index contributed by atoms with van der Waals surface area (Å²) in [5, 5.41) is 11.7. The standard InChI is InChI=1S/C54H89NO8/c1-6-8-10-12-14-16-18-20-22-24-26-28-30-32-34-36-38-40-42-44-51(56)61-48-50(49-62-54(53(58)59)60-47-46-55(3,4)5)63-52(57)45-43-41-39-37-35-33-31-29-27-25-23-21-19-17-15-13-11-9-7-2/h9,11,14-17,20-23,27,29,33,35,39,41,50,54H,6-8,10,12-13,18-19,24-26,28,30-32,34,36-38,40,42-49H2,1-5H3/b11-9-,16-14-,17-15-,22-20-,23-21-,29-27-,35-33-,41-39-. The quantitative estimate of drug-likeness (QED) is 0.0196. The summed E-state index contributed by atoms with van der Waals surface area (Å²) in [7, 11) is 5.88. The molecule has 2 atom stereocenters. The molecule has 0 aromatic rings. The number of allylic oxidation sites excluding steroid dienone is 16. The molecule has 0 aliphatic heterocycles. The maximum atomic E-state index is 12.8. The number of unbranched alkanes of at least 4 members (excludes halogenated alkanes) is 12. The average molecular weight is 880 g/mol. The Labute approximate surface area is 384 Å². The Morgan fingerprint density at radius 1 is 0.492 bits per heavy atom. The summed E-state index contributed by atoms with van der Waals surface area (Å²) in [5.41, 5.74) is 0. The summed E-state index contributed by atoms with van der Waals surface area (Å²) in [6.45, 7) is 4.49. The van der Waals surface area contributed by atoms with Gasteiger partial charge in [-0.3, -0.25) is 9.59 Å². The Balaban J connectivity index is 4.52. The predicted molar refractivity (Wildman–Crippen MR) is 260 cm³/mol. The largest absolute Gasteiger partial charge is 0.545 e. The fraction of sp³-hybridized carbons (Fsp3) is 0.648. The molecular weight excluding hydrogens is 791 g/mol. The smallest absolute Gasteiger partial charge is 0.306 e. The minimum Gasteiger partial charge on any atom is -0.545 e. The molecule has 358 valence electrons. The summed E-state index contributed by atoms with van der Waals surface area (Å²) >= 11 is 0. The van der Waals surface area contributed by atoms with E-state index in [9.17, 15) is 19.5 Å². The number of esters is 2. The maximum Gasteiger partial charge on any atom is 0.306 e. The van der Waals surface area contributed by atoms with Crippen molar-refractivity contribution >= 4 is 17.9 Å². The Morgan fingerprint density at radius 3 is 1.41 bits per heavy atom. The molecule has 9 nitrogen and oxygen atoms in total.